The largest absolute Gasteiger partial charge is 0.480 e. The van der Waals surface area contributed by atoms with Crippen LogP contribution in [0.2, 0.25) is 0 Å². The fraction of sp³-hybridized carbons (Fsp3) is 0.333. The maximum atomic E-state index is 12.3. The predicted molar refractivity (Wildman–Crippen MR) is 68.0 cm³/mol. The molecule has 0 bridgehead atoms. The Balaban J connectivity index is 2.35. The maximum Gasteiger partial charge on any atom is 0.335 e. The molecule has 0 amide bonds. The van der Waals surface area contributed by atoms with Crippen LogP contribution in [0, 0.1) is 0 Å². The van der Waals surface area contributed by atoms with Crippen LogP contribution in [0.4, 0.5) is 0 Å². The zero-order valence-electron chi connectivity index (χ0n) is 10.4. The molecule has 1 aromatic rings. The van der Waals surface area contributed by atoms with Crippen LogP contribution in [-0.2, 0) is 14.8 Å². The number of sulfonamides is 1. The first-order chi connectivity index (χ1) is 9.34. The molecule has 2 N–H and O–H groups in total. The molecule has 1 saturated heterocycles. The third-order valence-electron chi connectivity index (χ3n) is 3.20. The Morgan fingerprint density at radius 2 is 1.75 bits per heavy atom. The molecule has 0 aliphatic carbocycles. The van der Waals surface area contributed by atoms with Crippen molar-refractivity contribution in [2.75, 3.05) is 6.54 Å². The molecule has 20 heavy (non-hydrogen) atoms. The van der Waals surface area contributed by atoms with Crippen LogP contribution in [0.1, 0.15) is 23.2 Å². The Morgan fingerprint density at radius 3 is 2.25 bits per heavy atom. The van der Waals surface area contributed by atoms with E-state index in [0.29, 0.717) is 6.42 Å². The van der Waals surface area contributed by atoms with E-state index in [9.17, 15) is 18.0 Å². The molecule has 1 aliphatic heterocycles. The highest BCUT2D eigenvalue weighted by atomic mass is 32.2. The van der Waals surface area contributed by atoms with E-state index in [1.54, 1.807) is 0 Å². The van der Waals surface area contributed by atoms with Gasteiger partial charge in [-0.2, -0.15) is 4.31 Å². The Bertz CT molecular complexity index is 636. The van der Waals surface area contributed by atoms with E-state index in [4.69, 9.17) is 10.2 Å². The SMILES string of the molecule is O=C(O)c1ccc(S(=O)(=O)N2CCCC2C(=O)O)cc1. The molecule has 1 fully saturated rings. The zero-order valence-corrected chi connectivity index (χ0v) is 11.2. The average molecular weight is 299 g/mol. The van der Waals surface area contributed by atoms with Gasteiger partial charge in [-0.15, -0.1) is 0 Å². The number of carboxylic acids is 2. The van der Waals surface area contributed by atoms with Crippen molar-refractivity contribution >= 4 is 22.0 Å². The van der Waals surface area contributed by atoms with Crippen LogP contribution >= 0.6 is 0 Å². The molecule has 0 spiro atoms. The van der Waals surface area contributed by atoms with Crippen molar-refractivity contribution in [3.05, 3.63) is 29.8 Å². The third kappa shape index (κ3) is 2.52. The number of carboxylic acid groups (broad SMARTS) is 2. The number of benzene rings is 1. The van der Waals surface area contributed by atoms with Crippen LogP contribution in [0.25, 0.3) is 0 Å². The van der Waals surface area contributed by atoms with Crippen LogP contribution in [0.5, 0.6) is 0 Å². The zero-order chi connectivity index (χ0) is 14.9. The van der Waals surface area contributed by atoms with Gasteiger partial charge < -0.3 is 10.2 Å². The number of aliphatic carboxylic acids is 1. The molecular weight excluding hydrogens is 286 g/mol. The summed E-state index contributed by atoms with van der Waals surface area (Å²) in [6.45, 7) is 0.153. The first-order valence-electron chi connectivity index (χ1n) is 5.92. The van der Waals surface area contributed by atoms with Crippen LogP contribution in [0.15, 0.2) is 29.2 Å². The van der Waals surface area contributed by atoms with Gasteiger partial charge in [0.2, 0.25) is 10.0 Å². The van der Waals surface area contributed by atoms with Crippen molar-refractivity contribution in [3.63, 3.8) is 0 Å². The number of rotatable bonds is 4. The van der Waals surface area contributed by atoms with Crippen molar-refractivity contribution in [2.45, 2.75) is 23.8 Å². The second kappa shape index (κ2) is 5.22. The quantitative estimate of drug-likeness (QED) is 0.843. The lowest BCUT2D eigenvalue weighted by atomic mass is 10.2. The Morgan fingerprint density at radius 1 is 1.15 bits per heavy atom. The van der Waals surface area contributed by atoms with Gasteiger partial charge in [0.15, 0.2) is 0 Å². The van der Waals surface area contributed by atoms with Crippen molar-refractivity contribution in [1.82, 2.24) is 4.31 Å². The lowest BCUT2D eigenvalue weighted by Crippen LogP contribution is -2.40. The highest BCUT2D eigenvalue weighted by Gasteiger charge is 2.39. The minimum Gasteiger partial charge on any atom is -0.480 e. The van der Waals surface area contributed by atoms with E-state index in [2.05, 4.69) is 0 Å². The van der Waals surface area contributed by atoms with Gasteiger partial charge in [0, 0.05) is 6.54 Å². The van der Waals surface area contributed by atoms with Gasteiger partial charge in [0.25, 0.3) is 0 Å². The molecule has 0 aromatic heterocycles. The predicted octanol–water partition coefficient (Wildman–Crippen LogP) is 0.622. The topological polar surface area (TPSA) is 112 Å². The van der Waals surface area contributed by atoms with E-state index in [0.717, 1.165) is 4.31 Å². The molecule has 1 unspecified atom stereocenters. The van der Waals surface area contributed by atoms with Crippen LogP contribution in [0.3, 0.4) is 0 Å². The number of nitrogens with zero attached hydrogens (tertiary/aromatic N) is 1. The van der Waals surface area contributed by atoms with Crippen molar-refractivity contribution in [1.29, 1.82) is 0 Å². The summed E-state index contributed by atoms with van der Waals surface area (Å²) >= 11 is 0. The van der Waals surface area contributed by atoms with E-state index >= 15 is 0 Å². The van der Waals surface area contributed by atoms with Gasteiger partial charge in [-0.05, 0) is 37.1 Å². The second-order valence-corrected chi connectivity index (χ2v) is 6.33. The number of hydrogen-bond acceptors (Lipinski definition) is 4. The number of hydrogen-bond donors (Lipinski definition) is 2. The average Bonchev–Trinajstić information content (AvgIpc) is 2.89. The summed E-state index contributed by atoms with van der Waals surface area (Å²) in [5, 5.41) is 17.8. The summed E-state index contributed by atoms with van der Waals surface area (Å²) in [4.78, 5) is 21.7. The molecule has 2 rings (SSSR count). The first-order valence-corrected chi connectivity index (χ1v) is 7.36. The summed E-state index contributed by atoms with van der Waals surface area (Å²) in [5.74, 6) is -2.33. The van der Waals surface area contributed by atoms with Crippen LogP contribution in [-0.4, -0.2) is 47.5 Å². The molecule has 7 nitrogen and oxygen atoms in total. The normalized spacial score (nSPS) is 19.9. The lowest BCUT2D eigenvalue weighted by Gasteiger charge is -2.20. The summed E-state index contributed by atoms with van der Waals surface area (Å²) in [7, 11) is -3.92. The summed E-state index contributed by atoms with van der Waals surface area (Å²) in [6, 6.07) is 3.66. The molecule has 1 aromatic carbocycles. The van der Waals surface area contributed by atoms with Crippen LogP contribution < -0.4 is 0 Å². The van der Waals surface area contributed by atoms with Gasteiger partial charge in [0.05, 0.1) is 10.5 Å². The second-order valence-electron chi connectivity index (χ2n) is 4.44. The maximum absolute atomic E-state index is 12.3. The highest BCUT2D eigenvalue weighted by molar-refractivity contribution is 7.89. The fourth-order valence-electron chi connectivity index (χ4n) is 2.18. The molecule has 108 valence electrons. The molecule has 1 atom stereocenters. The fourth-order valence-corrected chi connectivity index (χ4v) is 3.83. The minimum atomic E-state index is -3.92. The Kier molecular flexibility index (Phi) is 3.78. The highest BCUT2D eigenvalue weighted by Crippen LogP contribution is 2.26. The summed E-state index contributed by atoms with van der Waals surface area (Å²) in [6.07, 6.45) is 0.769. The third-order valence-corrected chi connectivity index (χ3v) is 5.12. The van der Waals surface area contributed by atoms with Gasteiger partial charge in [-0.25, -0.2) is 13.2 Å². The molecule has 0 saturated carbocycles. The van der Waals surface area contributed by atoms with E-state index in [1.165, 1.54) is 24.3 Å². The van der Waals surface area contributed by atoms with E-state index in [1.807, 2.05) is 0 Å². The van der Waals surface area contributed by atoms with E-state index in [-0.39, 0.29) is 23.4 Å². The Hall–Kier alpha value is -1.93. The van der Waals surface area contributed by atoms with Gasteiger partial charge in [-0.1, -0.05) is 0 Å². The minimum absolute atomic E-state index is 0.0276. The summed E-state index contributed by atoms with van der Waals surface area (Å²) in [5.41, 5.74) is -0.0276. The number of carbonyl (C=O) groups is 2. The smallest absolute Gasteiger partial charge is 0.335 e. The van der Waals surface area contributed by atoms with Gasteiger partial charge in [0.1, 0.15) is 6.04 Å². The van der Waals surface area contributed by atoms with Crippen molar-refractivity contribution in [3.8, 4) is 0 Å². The van der Waals surface area contributed by atoms with Crippen molar-refractivity contribution < 1.29 is 28.2 Å². The first kappa shape index (κ1) is 14.5. The lowest BCUT2D eigenvalue weighted by molar-refractivity contribution is -0.140. The molecule has 8 heteroatoms. The Labute approximate surface area is 115 Å². The molecule has 1 heterocycles. The monoisotopic (exact) mass is 299 g/mol. The molecule has 1 aliphatic rings. The summed E-state index contributed by atoms with van der Waals surface area (Å²) < 4.78 is 25.6. The van der Waals surface area contributed by atoms with E-state index < -0.39 is 28.0 Å². The molecular formula is C12H13NO6S. The number of aromatic carboxylic acids is 1. The molecule has 0 radical (unpaired) electrons. The van der Waals surface area contributed by atoms with Crippen molar-refractivity contribution in [2.24, 2.45) is 0 Å². The van der Waals surface area contributed by atoms with Gasteiger partial charge in [-0.3, -0.25) is 4.79 Å². The van der Waals surface area contributed by atoms with Gasteiger partial charge >= 0.3 is 11.9 Å². The standard InChI is InChI=1S/C12H13NO6S/c14-11(15)8-3-5-9(6-4-8)20(18,19)13-7-1-2-10(13)12(16)17/h3-6,10H,1-2,7H2,(H,14,15)(H,16,17).